The molecule has 0 atom stereocenters. The molecule has 118 valence electrons. The summed E-state index contributed by atoms with van der Waals surface area (Å²) in [6, 6.07) is 0. The summed E-state index contributed by atoms with van der Waals surface area (Å²) < 4.78 is 0. The van der Waals surface area contributed by atoms with E-state index < -0.39 is 0 Å². The first-order valence-electron chi connectivity index (χ1n) is 8.37. The number of piperidine rings is 1. The zero-order valence-corrected chi connectivity index (χ0v) is 13.3. The molecule has 1 heterocycles. The second kappa shape index (κ2) is 6.95. The molecule has 5 aliphatic rings. The molecule has 0 aromatic rings. The van der Waals surface area contributed by atoms with Crippen LogP contribution in [0.3, 0.4) is 0 Å². The lowest BCUT2D eigenvalue weighted by atomic mass is 9.52. The molecular formula is C16H31ClN2O. The lowest BCUT2D eigenvalue weighted by Crippen LogP contribution is -2.51. The molecule has 3 N–H and O–H groups in total. The minimum absolute atomic E-state index is 0. The van der Waals surface area contributed by atoms with E-state index in [1.165, 1.54) is 38.9 Å². The quantitative estimate of drug-likeness (QED) is 0.871. The van der Waals surface area contributed by atoms with E-state index in [1.54, 1.807) is 32.1 Å². The van der Waals surface area contributed by atoms with Crippen molar-refractivity contribution in [2.75, 3.05) is 19.6 Å². The number of nitrogens with one attached hydrogen (secondary N) is 1. The number of hydrogen-bond acceptors (Lipinski definition) is 2. The first-order chi connectivity index (χ1) is 8.88. The molecule has 3 nitrogen and oxygen atoms in total. The molecule has 0 aromatic heterocycles. The molecule has 0 amide bonds. The monoisotopic (exact) mass is 302 g/mol. The number of hydrazine groups is 1. The molecule has 5 fully saturated rings. The molecule has 0 spiro atoms. The largest absolute Gasteiger partial charge is 0.412 e. The third kappa shape index (κ3) is 3.16. The second-order valence-corrected chi connectivity index (χ2v) is 7.50. The van der Waals surface area contributed by atoms with Crippen molar-refractivity contribution in [3.63, 3.8) is 0 Å². The number of nitrogens with zero attached hydrogens (tertiary/aromatic N) is 1. The molecule has 4 saturated carbocycles. The predicted molar refractivity (Wildman–Crippen MR) is 84.8 cm³/mol. The molecule has 4 heteroatoms. The van der Waals surface area contributed by atoms with Crippen molar-refractivity contribution in [1.29, 1.82) is 0 Å². The van der Waals surface area contributed by atoms with Crippen LogP contribution in [-0.4, -0.2) is 30.1 Å². The topological polar surface area (TPSA) is 46.8 Å². The van der Waals surface area contributed by atoms with Crippen molar-refractivity contribution in [2.24, 2.45) is 29.6 Å². The van der Waals surface area contributed by atoms with E-state index in [2.05, 4.69) is 10.4 Å². The van der Waals surface area contributed by atoms with E-state index in [9.17, 15) is 0 Å². The fraction of sp³-hybridized carbons (Fsp3) is 1.00. The lowest BCUT2D eigenvalue weighted by Gasteiger charge is -2.54. The van der Waals surface area contributed by atoms with Gasteiger partial charge in [0, 0.05) is 19.6 Å². The summed E-state index contributed by atoms with van der Waals surface area (Å²) in [5, 5.41) is 2.51. The van der Waals surface area contributed by atoms with E-state index in [-0.39, 0.29) is 17.9 Å². The highest BCUT2D eigenvalue weighted by Gasteiger charge is 2.47. The van der Waals surface area contributed by atoms with Gasteiger partial charge in [0.15, 0.2) is 0 Å². The van der Waals surface area contributed by atoms with Gasteiger partial charge in [-0.25, -0.2) is 5.01 Å². The van der Waals surface area contributed by atoms with Crippen molar-refractivity contribution < 1.29 is 5.48 Å². The Morgan fingerprint density at radius 2 is 1.35 bits per heavy atom. The molecule has 20 heavy (non-hydrogen) atoms. The highest BCUT2D eigenvalue weighted by atomic mass is 35.5. The summed E-state index contributed by atoms with van der Waals surface area (Å²) in [6.45, 7) is 3.86. The van der Waals surface area contributed by atoms with Gasteiger partial charge in [0.1, 0.15) is 0 Å². The van der Waals surface area contributed by atoms with Crippen molar-refractivity contribution in [1.82, 2.24) is 10.4 Å². The Balaban J connectivity index is 0.000000735. The van der Waals surface area contributed by atoms with Crippen molar-refractivity contribution in [3.05, 3.63) is 0 Å². The zero-order valence-electron chi connectivity index (χ0n) is 12.5. The molecule has 0 aromatic carbocycles. The van der Waals surface area contributed by atoms with Gasteiger partial charge in [-0.2, -0.15) is 0 Å². The van der Waals surface area contributed by atoms with E-state index in [1.807, 2.05) is 0 Å². The van der Waals surface area contributed by atoms with Gasteiger partial charge in [0.25, 0.3) is 0 Å². The highest BCUT2D eigenvalue weighted by molar-refractivity contribution is 5.85. The van der Waals surface area contributed by atoms with Crippen molar-refractivity contribution in [3.8, 4) is 0 Å². The molecule has 0 radical (unpaired) electrons. The average Bonchev–Trinajstić information content (AvgIpc) is 2.38. The summed E-state index contributed by atoms with van der Waals surface area (Å²) in [5.74, 6) is 5.43. The maximum absolute atomic E-state index is 3.78. The number of halogens is 1. The van der Waals surface area contributed by atoms with Gasteiger partial charge in [-0.1, -0.05) is 6.42 Å². The number of rotatable bonds is 3. The lowest BCUT2D eigenvalue weighted by molar-refractivity contribution is -0.0436. The van der Waals surface area contributed by atoms with Crippen LogP contribution in [-0.2, 0) is 0 Å². The standard InChI is InChI=1S/C16H28N2.ClH.H2O/c1-2-4-18(5-3-1)17-11-16-14-7-12-6-13(9-14)10-15(16)8-12;;/h12-17H,1-11H2;1H;1H2. The van der Waals surface area contributed by atoms with Crippen molar-refractivity contribution in [2.45, 2.75) is 51.4 Å². The van der Waals surface area contributed by atoms with Gasteiger partial charge in [-0.05, 0) is 74.5 Å². The molecule has 1 saturated heterocycles. The van der Waals surface area contributed by atoms with Crippen LogP contribution in [0.2, 0.25) is 0 Å². The van der Waals surface area contributed by atoms with Crippen LogP contribution < -0.4 is 5.43 Å². The van der Waals surface area contributed by atoms with Gasteiger partial charge in [-0.15, -0.1) is 12.4 Å². The summed E-state index contributed by atoms with van der Waals surface area (Å²) >= 11 is 0. The summed E-state index contributed by atoms with van der Waals surface area (Å²) in [4.78, 5) is 0. The van der Waals surface area contributed by atoms with Crippen molar-refractivity contribution >= 4 is 12.4 Å². The van der Waals surface area contributed by atoms with Crippen LogP contribution in [0.1, 0.15) is 51.4 Å². The first-order valence-corrected chi connectivity index (χ1v) is 8.37. The maximum atomic E-state index is 3.78. The van der Waals surface area contributed by atoms with Crippen LogP contribution >= 0.6 is 12.4 Å². The van der Waals surface area contributed by atoms with E-state index in [0.29, 0.717) is 0 Å². The Hall–Kier alpha value is 0.170. The fourth-order valence-corrected chi connectivity index (χ4v) is 5.66. The molecule has 4 aliphatic carbocycles. The predicted octanol–water partition coefficient (Wildman–Crippen LogP) is 2.65. The van der Waals surface area contributed by atoms with Gasteiger partial charge in [-0.3, -0.25) is 5.43 Å². The van der Waals surface area contributed by atoms with Crippen LogP contribution in [0, 0.1) is 29.6 Å². The normalized spacial score (nSPS) is 42.9. The van der Waals surface area contributed by atoms with E-state index in [4.69, 9.17) is 0 Å². The number of hydrogen-bond donors (Lipinski definition) is 1. The Morgan fingerprint density at radius 1 is 0.800 bits per heavy atom. The van der Waals surface area contributed by atoms with Crippen LogP contribution in [0.4, 0.5) is 0 Å². The Kier molecular flexibility index (Phi) is 5.75. The van der Waals surface area contributed by atoms with Gasteiger partial charge < -0.3 is 5.48 Å². The summed E-state index contributed by atoms with van der Waals surface area (Å²) in [7, 11) is 0. The van der Waals surface area contributed by atoms with Crippen LogP contribution in [0.5, 0.6) is 0 Å². The van der Waals surface area contributed by atoms with Gasteiger partial charge in [0.2, 0.25) is 0 Å². The van der Waals surface area contributed by atoms with Crippen LogP contribution in [0.25, 0.3) is 0 Å². The second-order valence-electron chi connectivity index (χ2n) is 7.50. The maximum Gasteiger partial charge on any atom is 0.0136 e. The van der Waals surface area contributed by atoms with Crippen LogP contribution in [0.15, 0.2) is 0 Å². The molecule has 0 unspecified atom stereocenters. The Bertz CT molecular complexity index is 279. The summed E-state index contributed by atoms with van der Waals surface area (Å²) in [5.41, 5.74) is 3.78. The molecule has 5 rings (SSSR count). The van der Waals surface area contributed by atoms with E-state index >= 15 is 0 Å². The third-order valence-corrected chi connectivity index (χ3v) is 6.33. The van der Waals surface area contributed by atoms with Gasteiger partial charge >= 0.3 is 0 Å². The molecule has 4 bridgehead atoms. The average molecular weight is 303 g/mol. The molecule has 1 aliphatic heterocycles. The highest BCUT2D eigenvalue weighted by Crippen LogP contribution is 2.56. The third-order valence-electron chi connectivity index (χ3n) is 6.33. The van der Waals surface area contributed by atoms with Gasteiger partial charge in [0.05, 0.1) is 0 Å². The SMILES string of the molecule is C1CCN(NCC2C3CC4CC(C3)CC2C4)CC1.Cl.O. The minimum atomic E-state index is 0. The summed E-state index contributed by atoms with van der Waals surface area (Å²) in [6.07, 6.45) is 12.1. The smallest absolute Gasteiger partial charge is 0.0136 e. The Labute approximate surface area is 129 Å². The molecular weight excluding hydrogens is 272 g/mol. The first kappa shape index (κ1) is 16.5. The minimum Gasteiger partial charge on any atom is -0.412 e. The van der Waals surface area contributed by atoms with E-state index in [0.717, 1.165) is 29.6 Å². The Morgan fingerprint density at radius 3 is 1.90 bits per heavy atom. The fourth-order valence-electron chi connectivity index (χ4n) is 5.66. The zero-order chi connectivity index (χ0) is 11.9.